The van der Waals surface area contributed by atoms with Crippen LogP contribution in [0, 0.1) is 0 Å². The van der Waals surface area contributed by atoms with Crippen LogP contribution in [0.2, 0.25) is 0 Å². The van der Waals surface area contributed by atoms with E-state index < -0.39 is 13.2 Å². The summed E-state index contributed by atoms with van der Waals surface area (Å²) < 4.78 is 0. The fourth-order valence-corrected chi connectivity index (χ4v) is 3.60. The highest BCUT2D eigenvalue weighted by Gasteiger charge is 2.51. The summed E-state index contributed by atoms with van der Waals surface area (Å²) in [6.45, 7) is 0. The summed E-state index contributed by atoms with van der Waals surface area (Å²) in [5.41, 5.74) is -1.17. The van der Waals surface area contributed by atoms with Gasteiger partial charge in [0.05, 0.1) is 0 Å². The summed E-state index contributed by atoms with van der Waals surface area (Å²) in [6.07, 6.45) is 0. The number of rotatable bonds is 3. The third-order valence-corrected chi connectivity index (χ3v) is 5.18. The highest BCUT2D eigenvalue weighted by atomic mass is 31.2. The van der Waals surface area contributed by atoms with Crippen molar-refractivity contribution in [1.82, 2.24) is 0 Å². The molecule has 0 saturated heterocycles. The van der Waals surface area contributed by atoms with Crippen molar-refractivity contribution in [3.63, 3.8) is 0 Å². The molecular formula is C13H12O3P+. The molecule has 0 unspecified atom stereocenters. The summed E-state index contributed by atoms with van der Waals surface area (Å²) in [5, 5.41) is 10.3. The first kappa shape index (κ1) is 11.8. The highest BCUT2D eigenvalue weighted by molar-refractivity contribution is 7.97. The molecule has 0 saturated carbocycles. The van der Waals surface area contributed by atoms with Crippen molar-refractivity contribution in [2.45, 2.75) is 0 Å². The van der Waals surface area contributed by atoms with Gasteiger partial charge < -0.3 is 5.11 Å². The van der Waals surface area contributed by atoms with Crippen LogP contribution in [-0.4, -0.2) is 15.7 Å². The molecule has 0 spiro atoms. The van der Waals surface area contributed by atoms with E-state index in [-0.39, 0.29) is 0 Å². The Morgan fingerprint density at radius 3 is 1.47 bits per heavy atom. The Balaban J connectivity index is 2.59. The van der Waals surface area contributed by atoms with Crippen LogP contribution in [0.4, 0.5) is 4.79 Å². The van der Waals surface area contributed by atoms with E-state index in [9.17, 15) is 14.8 Å². The molecule has 3 nitrogen and oxygen atoms in total. The summed E-state index contributed by atoms with van der Waals surface area (Å²) in [6, 6.07) is 17.1. The molecule has 4 heteroatoms. The Hall–Kier alpha value is -1.70. The molecule has 0 heterocycles. The van der Waals surface area contributed by atoms with E-state index >= 15 is 0 Å². The number of benzene rings is 2. The largest absolute Gasteiger partial charge is 0.488 e. The van der Waals surface area contributed by atoms with Crippen LogP contribution < -0.4 is 10.6 Å². The molecule has 17 heavy (non-hydrogen) atoms. The van der Waals surface area contributed by atoms with Crippen LogP contribution in [0.3, 0.4) is 0 Å². The second kappa shape index (κ2) is 4.66. The molecule has 0 aliphatic rings. The molecule has 2 aromatic carbocycles. The fourth-order valence-electron chi connectivity index (χ4n) is 1.66. The minimum absolute atomic E-state index is 0.457. The molecule has 0 aliphatic carbocycles. The van der Waals surface area contributed by atoms with Gasteiger partial charge in [0.25, 0.3) is 0 Å². The van der Waals surface area contributed by atoms with E-state index in [4.69, 9.17) is 0 Å². The summed E-state index contributed by atoms with van der Waals surface area (Å²) in [4.78, 5) is 22.0. The van der Waals surface area contributed by atoms with E-state index in [1.165, 1.54) is 0 Å². The standard InChI is InChI=1S/C13H11O3P/c14-13(15)17(16,11-7-3-1-4-8-11)12-9-5-2-6-10-12/h1-10,16H/p+1. The van der Waals surface area contributed by atoms with Gasteiger partial charge >= 0.3 is 13.2 Å². The highest BCUT2D eigenvalue weighted by Crippen LogP contribution is 2.52. The minimum atomic E-state index is -3.33. The summed E-state index contributed by atoms with van der Waals surface area (Å²) >= 11 is 0. The number of carboxylic acid groups (broad SMARTS) is 1. The molecule has 2 aromatic rings. The van der Waals surface area contributed by atoms with E-state index in [1.54, 1.807) is 60.7 Å². The second-order valence-corrected chi connectivity index (χ2v) is 6.28. The first-order chi connectivity index (χ1) is 8.15. The molecule has 2 rings (SSSR count). The molecule has 0 amide bonds. The van der Waals surface area contributed by atoms with Crippen LogP contribution in [-0.2, 0) is 0 Å². The van der Waals surface area contributed by atoms with Gasteiger partial charge in [0, 0.05) is 0 Å². The lowest BCUT2D eigenvalue weighted by molar-refractivity contribution is 0.218. The van der Waals surface area contributed by atoms with Crippen molar-refractivity contribution in [3.05, 3.63) is 60.7 Å². The van der Waals surface area contributed by atoms with Gasteiger partial charge in [0.15, 0.2) is 0 Å². The SMILES string of the molecule is O=C(O)[P+](O)(c1ccccc1)c1ccccc1. The average Bonchev–Trinajstić information content (AvgIpc) is 2.39. The summed E-state index contributed by atoms with van der Waals surface area (Å²) in [5.74, 6) is 0. The number of hydrogen-bond acceptors (Lipinski definition) is 2. The molecule has 0 bridgehead atoms. The van der Waals surface area contributed by atoms with Crippen molar-refractivity contribution in [1.29, 1.82) is 0 Å². The topological polar surface area (TPSA) is 57.5 Å². The third-order valence-electron chi connectivity index (χ3n) is 2.54. The Bertz CT molecular complexity index is 471. The van der Waals surface area contributed by atoms with E-state index in [0.29, 0.717) is 10.6 Å². The minimum Gasteiger partial charge on any atom is -0.449 e. The zero-order chi connectivity index (χ0) is 12.3. The van der Waals surface area contributed by atoms with E-state index in [2.05, 4.69) is 0 Å². The van der Waals surface area contributed by atoms with Crippen molar-refractivity contribution >= 4 is 23.8 Å². The quantitative estimate of drug-likeness (QED) is 0.818. The Kier molecular flexibility index (Phi) is 3.23. The van der Waals surface area contributed by atoms with Gasteiger partial charge in [-0.05, 0) is 24.3 Å². The predicted molar refractivity (Wildman–Crippen MR) is 69.3 cm³/mol. The first-order valence-corrected chi connectivity index (χ1v) is 6.86. The summed E-state index contributed by atoms with van der Waals surface area (Å²) in [7, 11) is -3.33. The maximum Gasteiger partial charge on any atom is 0.488 e. The fraction of sp³-hybridized carbons (Fsp3) is 0. The van der Waals surface area contributed by atoms with E-state index in [1.807, 2.05) is 0 Å². The van der Waals surface area contributed by atoms with Crippen LogP contribution in [0.5, 0.6) is 0 Å². The molecule has 0 fully saturated rings. The maximum absolute atomic E-state index is 11.4. The average molecular weight is 247 g/mol. The van der Waals surface area contributed by atoms with E-state index in [0.717, 1.165) is 0 Å². The number of carbonyl (C=O) groups is 1. The van der Waals surface area contributed by atoms with Gasteiger partial charge in [-0.2, -0.15) is 0 Å². The van der Waals surface area contributed by atoms with Gasteiger partial charge in [0.2, 0.25) is 0 Å². The monoisotopic (exact) mass is 247 g/mol. The lowest BCUT2D eigenvalue weighted by Crippen LogP contribution is -2.27. The molecule has 2 N–H and O–H groups in total. The van der Waals surface area contributed by atoms with Gasteiger partial charge in [-0.15, -0.1) is 0 Å². The van der Waals surface area contributed by atoms with Crippen molar-refractivity contribution in [2.24, 2.45) is 0 Å². The zero-order valence-electron chi connectivity index (χ0n) is 9.02. The van der Waals surface area contributed by atoms with Gasteiger partial charge in [-0.25, -0.2) is 9.69 Å². The lowest BCUT2D eigenvalue weighted by atomic mass is 10.4. The molecule has 0 aliphatic heterocycles. The predicted octanol–water partition coefficient (Wildman–Crippen LogP) is 2.24. The van der Waals surface area contributed by atoms with Gasteiger partial charge in [-0.3, -0.25) is 0 Å². The van der Waals surface area contributed by atoms with Crippen LogP contribution in [0.15, 0.2) is 60.7 Å². The van der Waals surface area contributed by atoms with Gasteiger partial charge in [0.1, 0.15) is 10.6 Å². The molecule has 86 valence electrons. The molecular weight excluding hydrogens is 235 g/mol. The first-order valence-electron chi connectivity index (χ1n) is 5.12. The lowest BCUT2D eigenvalue weighted by Gasteiger charge is -2.13. The smallest absolute Gasteiger partial charge is 0.449 e. The Labute approximate surface area is 99.8 Å². The third kappa shape index (κ3) is 2.07. The second-order valence-electron chi connectivity index (χ2n) is 3.59. The maximum atomic E-state index is 11.4. The molecule has 0 aromatic heterocycles. The Morgan fingerprint density at radius 1 is 0.824 bits per heavy atom. The van der Waals surface area contributed by atoms with Crippen molar-refractivity contribution in [3.8, 4) is 0 Å². The van der Waals surface area contributed by atoms with Crippen molar-refractivity contribution in [2.75, 3.05) is 0 Å². The Morgan fingerprint density at radius 2 is 1.18 bits per heavy atom. The zero-order valence-corrected chi connectivity index (χ0v) is 9.92. The van der Waals surface area contributed by atoms with Crippen LogP contribution in [0.25, 0.3) is 0 Å². The number of hydrogen-bond donors (Lipinski definition) is 2. The molecule has 0 radical (unpaired) electrons. The van der Waals surface area contributed by atoms with Gasteiger partial charge in [-0.1, -0.05) is 36.4 Å². The normalized spacial score (nSPS) is 11.1. The van der Waals surface area contributed by atoms with Crippen molar-refractivity contribution < 1.29 is 14.8 Å². The van der Waals surface area contributed by atoms with Crippen LogP contribution in [0.1, 0.15) is 0 Å². The van der Waals surface area contributed by atoms with Crippen LogP contribution >= 0.6 is 7.49 Å². The molecule has 0 atom stereocenters.